The lowest BCUT2D eigenvalue weighted by atomic mass is 10.1. The summed E-state index contributed by atoms with van der Waals surface area (Å²) in [6.45, 7) is 1.20. The molecule has 0 spiro atoms. The number of carbonyl (C=O) groups is 1. The molecule has 8 nitrogen and oxygen atoms in total. The zero-order valence-corrected chi connectivity index (χ0v) is 20.3. The van der Waals surface area contributed by atoms with Crippen LogP contribution in [0.5, 0.6) is 0 Å². The monoisotopic (exact) mass is 509 g/mol. The van der Waals surface area contributed by atoms with E-state index in [-0.39, 0.29) is 28.9 Å². The number of halogens is 1. The minimum Gasteiger partial charge on any atom is -0.385 e. The summed E-state index contributed by atoms with van der Waals surface area (Å²) in [6.07, 6.45) is 0.701. The van der Waals surface area contributed by atoms with Gasteiger partial charge < -0.3 is 15.0 Å². The van der Waals surface area contributed by atoms with Gasteiger partial charge in [-0.3, -0.25) is 4.79 Å². The number of fused-ring (bicyclic) bond motifs is 1. The second kappa shape index (κ2) is 10.7. The van der Waals surface area contributed by atoms with Crippen molar-refractivity contribution < 1.29 is 27.1 Å². The number of hydrogen-bond donors (Lipinski definition) is 1. The van der Waals surface area contributed by atoms with Crippen molar-refractivity contribution in [1.82, 2.24) is 5.32 Å². The quantitative estimate of drug-likeness (QED) is 0.351. The molecule has 0 fully saturated rings. The van der Waals surface area contributed by atoms with Crippen LogP contribution in [-0.4, -0.2) is 40.5 Å². The van der Waals surface area contributed by atoms with Crippen LogP contribution in [0.2, 0.25) is 0 Å². The Morgan fingerprint density at radius 3 is 2.31 bits per heavy atom. The van der Waals surface area contributed by atoms with Crippen molar-refractivity contribution in [3.8, 4) is 0 Å². The molecule has 36 heavy (non-hydrogen) atoms. The van der Waals surface area contributed by atoms with Crippen LogP contribution in [0.3, 0.4) is 0 Å². The summed E-state index contributed by atoms with van der Waals surface area (Å²) in [6, 6.07) is 17.9. The fourth-order valence-corrected chi connectivity index (χ4v) is 5.35. The summed E-state index contributed by atoms with van der Waals surface area (Å²) in [5.74, 6) is 0.778. The van der Waals surface area contributed by atoms with E-state index in [2.05, 4.69) is 5.32 Å². The van der Waals surface area contributed by atoms with E-state index in [4.69, 9.17) is 4.74 Å². The molecule has 4 rings (SSSR count). The van der Waals surface area contributed by atoms with Crippen molar-refractivity contribution in [1.29, 1.82) is 0 Å². The van der Waals surface area contributed by atoms with E-state index in [1.54, 1.807) is 66.5 Å². The Morgan fingerprint density at radius 2 is 1.67 bits per heavy atom. The highest BCUT2D eigenvalue weighted by atomic mass is 32.2. The summed E-state index contributed by atoms with van der Waals surface area (Å²) in [7, 11) is -2.62. The van der Waals surface area contributed by atoms with Gasteiger partial charge in [0.1, 0.15) is 5.82 Å². The molecule has 0 saturated carbocycles. The van der Waals surface area contributed by atoms with Gasteiger partial charge in [-0.2, -0.15) is 0 Å². The molecule has 0 aliphatic carbocycles. The number of para-hydroxylation sites is 2. The number of hydrogen-bond acceptors (Lipinski definition) is 6. The second-order valence-electron chi connectivity index (χ2n) is 8.02. The van der Waals surface area contributed by atoms with E-state index in [9.17, 15) is 22.4 Å². The average Bonchev–Trinajstić information content (AvgIpc) is 3.21. The predicted molar refractivity (Wildman–Crippen MR) is 133 cm³/mol. The van der Waals surface area contributed by atoms with Crippen LogP contribution >= 0.6 is 0 Å². The first-order valence-corrected chi connectivity index (χ1v) is 12.6. The van der Waals surface area contributed by atoms with Crippen molar-refractivity contribution in [3.63, 3.8) is 0 Å². The molecule has 3 aromatic carbocycles. The Labute approximate surface area is 208 Å². The Hall–Kier alpha value is -3.98. The van der Waals surface area contributed by atoms with Crippen molar-refractivity contribution in [2.24, 2.45) is 0 Å². The summed E-state index contributed by atoms with van der Waals surface area (Å²) < 4.78 is 46.2. The molecule has 1 N–H and O–H groups in total. The lowest BCUT2D eigenvalue weighted by Gasteiger charge is -2.22. The van der Waals surface area contributed by atoms with Gasteiger partial charge in [0.15, 0.2) is 5.94 Å². The number of benzene rings is 3. The fraction of sp³-hybridized carbons (Fsp3) is 0.192. The summed E-state index contributed by atoms with van der Waals surface area (Å²) in [5.41, 5.74) is 2.01. The van der Waals surface area contributed by atoms with Gasteiger partial charge in [-0.25, -0.2) is 21.9 Å². The van der Waals surface area contributed by atoms with Crippen LogP contribution in [0.25, 0.3) is 0 Å². The molecule has 0 aromatic heterocycles. The SMILES string of the molecule is COCCCNC(=O)c1ccc(CN2C(=C=O)N(S(=O)(=O)c3ccc(F)cc3)c3ccccc32)cc1. The van der Waals surface area contributed by atoms with Gasteiger partial charge in [-0.05, 0) is 60.5 Å². The maximum absolute atomic E-state index is 13.4. The summed E-state index contributed by atoms with van der Waals surface area (Å²) in [4.78, 5) is 25.8. The Morgan fingerprint density at radius 1 is 1.00 bits per heavy atom. The van der Waals surface area contributed by atoms with Gasteiger partial charge in [0, 0.05) is 25.8 Å². The largest absolute Gasteiger partial charge is 0.385 e. The van der Waals surface area contributed by atoms with Crippen molar-refractivity contribution >= 4 is 33.2 Å². The Balaban J connectivity index is 1.60. The zero-order chi connectivity index (χ0) is 25.7. The van der Waals surface area contributed by atoms with Crippen LogP contribution in [0, 0.1) is 5.82 Å². The van der Waals surface area contributed by atoms with E-state index in [1.807, 2.05) is 0 Å². The average molecular weight is 510 g/mol. The number of anilines is 2. The fourth-order valence-electron chi connectivity index (χ4n) is 3.88. The van der Waals surface area contributed by atoms with E-state index in [0.29, 0.717) is 30.8 Å². The standard InChI is InChI=1S/C26H24FN3O5S/c1-35-16-4-15-28-26(32)20-9-7-19(8-10-20)17-29-23-5-2-3-6-24(23)30(25(29)18-31)36(33,34)22-13-11-21(27)12-14-22/h2-3,5-14H,4,15-17H2,1H3,(H,28,32). The van der Waals surface area contributed by atoms with Crippen molar-refractivity contribution in [2.45, 2.75) is 17.9 Å². The van der Waals surface area contributed by atoms with Crippen LogP contribution < -0.4 is 14.5 Å². The Bertz CT molecular complexity index is 1400. The van der Waals surface area contributed by atoms with E-state index < -0.39 is 15.8 Å². The minimum absolute atomic E-state index is 0.158. The third kappa shape index (κ3) is 5.01. The minimum atomic E-state index is -4.22. The number of rotatable bonds is 9. The van der Waals surface area contributed by atoms with Crippen LogP contribution in [0.1, 0.15) is 22.3 Å². The van der Waals surface area contributed by atoms with Gasteiger partial charge in [0.25, 0.3) is 15.9 Å². The number of amides is 1. The lowest BCUT2D eigenvalue weighted by molar-refractivity contribution is 0.0948. The topological polar surface area (TPSA) is 96.0 Å². The molecule has 1 heterocycles. The molecule has 0 radical (unpaired) electrons. The highest BCUT2D eigenvalue weighted by Crippen LogP contribution is 2.44. The van der Waals surface area contributed by atoms with E-state index in [1.165, 1.54) is 0 Å². The molecule has 1 amide bonds. The smallest absolute Gasteiger partial charge is 0.270 e. The molecule has 0 unspecified atom stereocenters. The highest BCUT2D eigenvalue weighted by molar-refractivity contribution is 7.93. The molecule has 10 heteroatoms. The van der Waals surface area contributed by atoms with Crippen LogP contribution in [0.15, 0.2) is 83.5 Å². The first-order valence-electron chi connectivity index (χ1n) is 11.2. The first kappa shape index (κ1) is 25.1. The molecule has 3 aromatic rings. The predicted octanol–water partition coefficient (Wildman–Crippen LogP) is 3.48. The molecule has 186 valence electrons. The van der Waals surface area contributed by atoms with Crippen LogP contribution in [0.4, 0.5) is 15.8 Å². The number of sulfonamides is 1. The number of ether oxygens (including phenoxy) is 1. The molecular formula is C26H24FN3O5S. The number of methoxy groups -OCH3 is 1. The number of nitrogens with zero attached hydrogens (tertiary/aromatic N) is 2. The van der Waals surface area contributed by atoms with Gasteiger partial charge in [-0.15, -0.1) is 0 Å². The number of nitrogens with one attached hydrogen (secondary N) is 1. The molecule has 1 aliphatic rings. The molecule has 0 saturated heterocycles. The van der Waals surface area contributed by atoms with Gasteiger partial charge in [0.2, 0.25) is 5.82 Å². The molecule has 1 aliphatic heterocycles. The Kier molecular flexibility index (Phi) is 7.49. The first-order chi connectivity index (χ1) is 17.4. The highest BCUT2D eigenvalue weighted by Gasteiger charge is 2.40. The lowest BCUT2D eigenvalue weighted by Crippen LogP contribution is -2.33. The number of carbonyl (C=O) groups excluding carboxylic acids is 2. The van der Waals surface area contributed by atoms with E-state index >= 15 is 0 Å². The summed E-state index contributed by atoms with van der Waals surface area (Å²) >= 11 is 0. The van der Waals surface area contributed by atoms with Gasteiger partial charge in [0.05, 0.1) is 22.8 Å². The van der Waals surface area contributed by atoms with Crippen molar-refractivity contribution in [2.75, 3.05) is 29.5 Å². The van der Waals surface area contributed by atoms with Gasteiger partial charge >= 0.3 is 0 Å². The maximum Gasteiger partial charge on any atom is 0.270 e. The van der Waals surface area contributed by atoms with Crippen LogP contribution in [-0.2, 0) is 26.1 Å². The van der Waals surface area contributed by atoms with Gasteiger partial charge in [-0.1, -0.05) is 24.3 Å². The maximum atomic E-state index is 13.4. The third-order valence-corrected chi connectivity index (χ3v) is 7.37. The molecular weight excluding hydrogens is 485 g/mol. The zero-order valence-electron chi connectivity index (χ0n) is 19.5. The third-order valence-electron chi connectivity index (χ3n) is 5.65. The molecule has 0 atom stereocenters. The summed E-state index contributed by atoms with van der Waals surface area (Å²) in [5, 5.41) is 2.82. The normalized spacial score (nSPS) is 12.9. The molecule has 0 bridgehead atoms. The second-order valence-corrected chi connectivity index (χ2v) is 9.81. The van der Waals surface area contributed by atoms with E-state index in [0.717, 1.165) is 34.1 Å². The van der Waals surface area contributed by atoms with Crippen molar-refractivity contribution in [3.05, 3.63) is 95.6 Å².